The Morgan fingerprint density at radius 3 is 2.68 bits per heavy atom. The Hall–Kier alpha value is -2.24. The fourth-order valence-electron chi connectivity index (χ4n) is 3.19. The quantitative estimate of drug-likeness (QED) is 0.477. The molecule has 0 saturated heterocycles. The van der Waals surface area contributed by atoms with Crippen LogP contribution in [0.5, 0.6) is 0 Å². The molecule has 0 unspecified atom stereocenters. The number of likely N-dealkylation sites (N-methyl/N-ethyl adjacent to an activating group) is 2. The Labute approximate surface area is 208 Å². The topological polar surface area (TPSA) is 91.3 Å². The van der Waals surface area contributed by atoms with Gasteiger partial charge in [0.15, 0.2) is 0 Å². The van der Waals surface area contributed by atoms with Gasteiger partial charge in [0, 0.05) is 44.9 Å². The van der Waals surface area contributed by atoms with Crippen LogP contribution in [0.1, 0.15) is 11.1 Å². The van der Waals surface area contributed by atoms with Gasteiger partial charge < -0.3 is 15.0 Å². The van der Waals surface area contributed by atoms with Crippen LogP contribution in [0.15, 0.2) is 46.3 Å². The van der Waals surface area contributed by atoms with Crippen molar-refractivity contribution in [3.05, 3.63) is 63.4 Å². The van der Waals surface area contributed by atoms with E-state index in [-0.39, 0.29) is 47.2 Å². The van der Waals surface area contributed by atoms with E-state index in [0.717, 1.165) is 10.8 Å². The molecule has 3 rings (SSSR count). The fraction of sp³-hybridized carbons (Fsp3) is 0.364. The zero-order valence-electron chi connectivity index (χ0n) is 18.7. The second-order valence-corrected chi connectivity index (χ2v) is 10.4. The summed E-state index contributed by atoms with van der Waals surface area (Å²) in [6, 6.07) is 9.13. The summed E-state index contributed by atoms with van der Waals surface area (Å²) < 4.78 is 46.3. The number of hydrogen-bond donors (Lipinski definition) is 1. The number of carbonyl (C=O) groups excluding carboxylic acids is 1. The lowest BCUT2D eigenvalue weighted by Crippen LogP contribution is -2.33. The third-order valence-electron chi connectivity index (χ3n) is 5.21. The molecule has 2 aromatic carbocycles. The molecule has 12 heteroatoms. The van der Waals surface area contributed by atoms with Crippen LogP contribution >= 0.6 is 23.2 Å². The molecule has 0 fully saturated rings. The molecule has 184 valence electrons. The average Bonchev–Trinajstić information content (AvgIpc) is 3.34. The molecular weight excluding hydrogens is 506 g/mol. The third-order valence-corrected chi connectivity index (χ3v) is 8.04. The molecule has 0 radical (unpaired) electrons. The summed E-state index contributed by atoms with van der Waals surface area (Å²) in [7, 11) is -0.958. The molecule has 34 heavy (non-hydrogen) atoms. The molecule has 0 atom stereocenters. The highest BCUT2D eigenvalue weighted by atomic mass is 35.5. The zero-order valence-corrected chi connectivity index (χ0v) is 21.1. The maximum Gasteiger partial charge on any atom is 0.248 e. The van der Waals surface area contributed by atoms with Gasteiger partial charge in [-0.25, -0.2) is 12.8 Å². The van der Waals surface area contributed by atoms with Gasteiger partial charge in [-0.05, 0) is 18.2 Å². The number of ether oxygens (including phenoxy) is 1. The predicted molar refractivity (Wildman–Crippen MR) is 129 cm³/mol. The largest absolute Gasteiger partial charge is 0.370 e. The van der Waals surface area contributed by atoms with Gasteiger partial charge in [-0.1, -0.05) is 41.4 Å². The van der Waals surface area contributed by atoms with E-state index in [4.69, 9.17) is 27.9 Å². The molecule has 0 aliphatic carbocycles. The molecule has 1 N–H and O–H groups in total. The molecule has 1 aliphatic heterocycles. The first-order chi connectivity index (χ1) is 16.1. The van der Waals surface area contributed by atoms with Crippen molar-refractivity contribution in [3.63, 3.8) is 0 Å². The average molecular weight is 531 g/mol. The minimum absolute atomic E-state index is 0.00379. The monoisotopic (exact) mass is 530 g/mol. The van der Waals surface area contributed by atoms with Crippen LogP contribution in [0.2, 0.25) is 10.0 Å². The maximum absolute atomic E-state index is 14.5. The van der Waals surface area contributed by atoms with Crippen molar-refractivity contribution in [1.82, 2.24) is 14.5 Å². The number of sulfonamides is 1. The van der Waals surface area contributed by atoms with E-state index in [1.165, 1.54) is 36.2 Å². The minimum atomic E-state index is -3.88. The van der Waals surface area contributed by atoms with E-state index in [1.54, 1.807) is 19.2 Å². The number of benzene rings is 2. The number of aliphatic imine (C=N–C) groups is 1. The number of hydrogen-bond acceptors (Lipinski definition) is 6. The van der Waals surface area contributed by atoms with Crippen molar-refractivity contribution < 1.29 is 22.3 Å². The first-order valence-electron chi connectivity index (χ1n) is 10.4. The summed E-state index contributed by atoms with van der Waals surface area (Å²) in [6.45, 7) is 1.15. The van der Waals surface area contributed by atoms with Crippen molar-refractivity contribution in [1.29, 1.82) is 0 Å². The van der Waals surface area contributed by atoms with E-state index < -0.39 is 15.8 Å². The standard InChI is InChI=1S/C22H25Cl2FN4O4S/c1-28(13-16-7-6-15(12-18(16)25)22-26-8-9-27-22)20(30)14-33-11-10-29(2)34(31,32)19-5-3-4-17(23)21(19)24/h3-7,12H,8-11,13-14H2,1-2H3,(H,26,27). The van der Waals surface area contributed by atoms with Crippen LogP contribution in [0, 0.1) is 5.82 Å². The molecule has 0 bridgehead atoms. The smallest absolute Gasteiger partial charge is 0.248 e. The molecule has 2 aromatic rings. The molecular formula is C22H25Cl2FN4O4S. The lowest BCUT2D eigenvalue weighted by atomic mass is 10.1. The number of nitrogens with one attached hydrogen (secondary N) is 1. The van der Waals surface area contributed by atoms with Gasteiger partial charge in [-0.3, -0.25) is 9.79 Å². The predicted octanol–water partition coefficient (Wildman–Crippen LogP) is 2.78. The van der Waals surface area contributed by atoms with Gasteiger partial charge in [-0.2, -0.15) is 4.31 Å². The minimum Gasteiger partial charge on any atom is -0.370 e. The van der Waals surface area contributed by atoms with E-state index in [9.17, 15) is 17.6 Å². The Bertz CT molecular complexity index is 1190. The summed E-state index contributed by atoms with van der Waals surface area (Å²) >= 11 is 11.9. The SMILES string of the molecule is CN(Cc1ccc(C2=NCCN2)cc1F)C(=O)COCCN(C)S(=O)(=O)c1cccc(Cl)c1Cl. The lowest BCUT2D eigenvalue weighted by molar-refractivity contribution is -0.135. The van der Waals surface area contributed by atoms with Crippen molar-refractivity contribution in [2.24, 2.45) is 4.99 Å². The summed E-state index contributed by atoms with van der Waals surface area (Å²) in [6.07, 6.45) is 0. The first-order valence-corrected chi connectivity index (χ1v) is 12.6. The van der Waals surface area contributed by atoms with Gasteiger partial charge in [0.25, 0.3) is 0 Å². The fourth-order valence-corrected chi connectivity index (χ4v) is 5.08. The summed E-state index contributed by atoms with van der Waals surface area (Å²) in [5.41, 5.74) is 1.02. The van der Waals surface area contributed by atoms with Crippen LogP contribution in [-0.4, -0.2) is 76.3 Å². The van der Waals surface area contributed by atoms with E-state index in [0.29, 0.717) is 23.5 Å². The highest BCUT2D eigenvalue weighted by molar-refractivity contribution is 7.89. The Morgan fingerprint density at radius 2 is 2.00 bits per heavy atom. The van der Waals surface area contributed by atoms with Crippen LogP contribution in [0.25, 0.3) is 0 Å². The lowest BCUT2D eigenvalue weighted by Gasteiger charge is -2.20. The van der Waals surface area contributed by atoms with Crippen LogP contribution in [-0.2, 0) is 26.1 Å². The highest BCUT2D eigenvalue weighted by Gasteiger charge is 2.24. The molecule has 0 aromatic heterocycles. The van der Waals surface area contributed by atoms with E-state index in [2.05, 4.69) is 10.3 Å². The van der Waals surface area contributed by atoms with Crippen molar-refractivity contribution in [2.45, 2.75) is 11.4 Å². The first kappa shape index (κ1) is 26.4. The second kappa shape index (κ2) is 11.5. The number of rotatable bonds is 10. The molecule has 1 amide bonds. The zero-order chi connectivity index (χ0) is 24.9. The van der Waals surface area contributed by atoms with Gasteiger partial charge in [0.2, 0.25) is 15.9 Å². The van der Waals surface area contributed by atoms with E-state index >= 15 is 0 Å². The summed E-state index contributed by atoms with van der Waals surface area (Å²) in [5.74, 6) is -0.137. The molecule has 8 nitrogen and oxygen atoms in total. The summed E-state index contributed by atoms with van der Waals surface area (Å²) in [4.78, 5) is 17.9. The number of nitrogens with zero attached hydrogens (tertiary/aromatic N) is 3. The van der Waals surface area contributed by atoms with Crippen molar-refractivity contribution in [3.8, 4) is 0 Å². The molecule has 1 aliphatic rings. The van der Waals surface area contributed by atoms with Crippen LogP contribution in [0.4, 0.5) is 4.39 Å². The maximum atomic E-state index is 14.5. The van der Waals surface area contributed by atoms with Gasteiger partial charge in [0.1, 0.15) is 23.2 Å². The highest BCUT2D eigenvalue weighted by Crippen LogP contribution is 2.30. The third kappa shape index (κ3) is 6.25. The molecule has 0 saturated carbocycles. The second-order valence-electron chi connectivity index (χ2n) is 7.64. The number of carbonyl (C=O) groups is 1. The number of halogens is 3. The van der Waals surface area contributed by atoms with Gasteiger partial charge in [-0.15, -0.1) is 0 Å². The Balaban J connectivity index is 1.48. The Kier molecular flexibility index (Phi) is 8.89. The Morgan fingerprint density at radius 1 is 1.24 bits per heavy atom. The number of amides is 1. The van der Waals surface area contributed by atoms with Crippen LogP contribution in [0.3, 0.4) is 0 Å². The van der Waals surface area contributed by atoms with Gasteiger partial charge >= 0.3 is 0 Å². The molecule has 1 heterocycles. The van der Waals surface area contributed by atoms with Crippen molar-refractivity contribution >= 4 is 45.0 Å². The molecule has 0 spiro atoms. The van der Waals surface area contributed by atoms with Crippen LogP contribution < -0.4 is 5.32 Å². The normalized spacial score (nSPS) is 13.6. The van der Waals surface area contributed by atoms with E-state index in [1.807, 2.05) is 0 Å². The van der Waals surface area contributed by atoms with Gasteiger partial charge in [0.05, 0.1) is 23.2 Å². The van der Waals surface area contributed by atoms with Crippen molar-refractivity contribution in [2.75, 3.05) is 46.9 Å². The number of amidine groups is 1. The summed E-state index contributed by atoms with van der Waals surface area (Å²) in [5, 5.41) is 3.17.